The molecule has 2 N–H and O–H groups in total. The molecule has 0 aromatic carbocycles. The molecule has 0 amide bonds. The molecule has 2 unspecified atom stereocenters. The average Bonchev–Trinajstić information content (AvgIpc) is 2.64. The van der Waals surface area contributed by atoms with Gasteiger partial charge in [0.25, 0.3) is 0 Å². The summed E-state index contributed by atoms with van der Waals surface area (Å²) in [6.45, 7) is 8.81. The molecule has 16 heavy (non-hydrogen) atoms. The van der Waals surface area contributed by atoms with Crippen LogP contribution in [-0.2, 0) is 0 Å². The van der Waals surface area contributed by atoms with E-state index in [0.717, 1.165) is 11.4 Å². The van der Waals surface area contributed by atoms with Crippen molar-refractivity contribution >= 4 is 11.3 Å². The third-order valence-electron chi connectivity index (χ3n) is 2.46. The molecule has 1 heterocycles. The molecule has 4 heteroatoms. The Bertz CT molecular complexity index is 296. The van der Waals surface area contributed by atoms with Crippen LogP contribution in [0.3, 0.4) is 0 Å². The molecule has 0 bridgehead atoms. The van der Waals surface area contributed by atoms with Gasteiger partial charge in [-0.15, -0.1) is 11.3 Å². The van der Waals surface area contributed by atoms with Crippen LogP contribution in [0.5, 0.6) is 0 Å². The van der Waals surface area contributed by atoms with Gasteiger partial charge in [-0.1, -0.05) is 13.8 Å². The Balaban J connectivity index is 2.39. The number of hydrogen-bond acceptors (Lipinski definition) is 4. The zero-order chi connectivity index (χ0) is 12.2. The highest BCUT2D eigenvalue weighted by atomic mass is 32.1. The molecular formula is C12H22N2OS. The maximum absolute atomic E-state index is 10.2. The van der Waals surface area contributed by atoms with E-state index in [1.807, 2.05) is 18.5 Å². The molecule has 0 spiro atoms. The maximum atomic E-state index is 10.2. The molecule has 0 aliphatic rings. The second-order valence-corrected chi connectivity index (χ2v) is 5.99. The average molecular weight is 242 g/mol. The third-order valence-corrected chi connectivity index (χ3v) is 3.42. The first-order chi connectivity index (χ1) is 7.41. The van der Waals surface area contributed by atoms with E-state index in [4.69, 9.17) is 0 Å². The van der Waals surface area contributed by atoms with Gasteiger partial charge in [0.1, 0.15) is 5.01 Å². The summed E-state index contributed by atoms with van der Waals surface area (Å²) in [5, 5.41) is 16.5. The SMILES string of the molecule is CC(C)CC(C)(O)CNC(C)c1nccs1. The standard InChI is InChI=1S/C12H22N2OS/c1-9(2)7-12(4,15)8-14-10(3)11-13-5-6-16-11/h5-6,9-10,14-15H,7-8H2,1-4H3. The van der Waals surface area contributed by atoms with Crippen LogP contribution in [0.25, 0.3) is 0 Å². The Morgan fingerprint density at radius 3 is 2.69 bits per heavy atom. The van der Waals surface area contributed by atoms with Gasteiger partial charge in [0.15, 0.2) is 0 Å². The highest BCUT2D eigenvalue weighted by molar-refractivity contribution is 7.09. The fraction of sp³-hybridized carbons (Fsp3) is 0.750. The van der Waals surface area contributed by atoms with E-state index in [0.29, 0.717) is 12.5 Å². The minimum absolute atomic E-state index is 0.207. The number of aliphatic hydroxyl groups is 1. The largest absolute Gasteiger partial charge is 0.389 e. The minimum atomic E-state index is -0.639. The summed E-state index contributed by atoms with van der Waals surface area (Å²) in [6, 6.07) is 0.207. The van der Waals surface area contributed by atoms with Gasteiger partial charge < -0.3 is 10.4 Å². The summed E-state index contributed by atoms with van der Waals surface area (Å²) < 4.78 is 0. The van der Waals surface area contributed by atoms with E-state index < -0.39 is 5.60 Å². The Hall–Kier alpha value is -0.450. The van der Waals surface area contributed by atoms with Crippen molar-refractivity contribution in [1.82, 2.24) is 10.3 Å². The number of hydrogen-bond donors (Lipinski definition) is 2. The van der Waals surface area contributed by atoms with Crippen LogP contribution in [0, 0.1) is 5.92 Å². The van der Waals surface area contributed by atoms with E-state index in [9.17, 15) is 5.11 Å². The number of nitrogens with one attached hydrogen (secondary N) is 1. The Morgan fingerprint density at radius 2 is 2.19 bits per heavy atom. The first-order valence-corrected chi connectivity index (χ1v) is 6.64. The van der Waals surface area contributed by atoms with Crippen LogP contribution in [0.4, 0.5) is 0 Å². The van der Waals surface area contributed by atoms with Crippen LogP contribution in [-0.4, -0.2) is 22.2 Å². The third kappa shape index (κ3) is 4.60. The second-order valence-electron chi connectivity index (χ2n) is 5.07. The Kier molecular flexibility index (Phi) is 4.89. The first-order valence-electron chi connectivity index (χ1n) is 5.76. The maximum Gasteiger partial charge on any atom is 0.109 e. The highest BCUT2D eigenvalue weighted by Crippen LogP contribution is 2.18. The highest BCUT2D eigenvalue weighted by Gasteiger charge is 2.22. The number of aromatic nitrogens is 1. The van der Waals surface area contributed by atoms with Gasteiger partial charge in [-0.25, -0.2) is 4.98 Å². The predicted octanol–water partition coefficient (Wildman–Crippen LogP) is 2.59. The van der Waals surface area contributed by atoms with E-state index in [2.05, 4.69) is 31.1 Å². The molecular weight excluding hydrogens is 220 g/mol. The molecule has 1 aromatic rings. The van der Waals surface area contributed by atoms with Crippen molar-refractivity contribution < 1.29 is 5.11 Å². The summed E-state index contributed by atoms with van der Waals surface area (Å²) >= 11 is 1.64. The van der Waals surface area contributed by atoms with Crippen molar-refractivity contribution in [2.75, 3.05) is 6.54 Å². The molecule has 3 nitrogen and oxygen atoms in total. The smallest absolute Gasteiger partial charge is 0.109 e. The van der Waals surface area contributed by atoms with Crippen molar-refractivity contribution in [3.8, 4) is 0 Å². The van der Waals surface area contributed by atoms with Crippen LogP contribution < -0.4 is 5.32 Å². The molecule has 0 saturated carbocycles. The molecule has 1 aromatic heterocycles. The van der Waals surface area contributed by atoms with Gasteiger partial charge in [0, 0.05) is 18.1 Å². The van der Waals surface area contributed by atoms with E-state index in [1.54, 1.807) is 11.3 Å². The lowest BCUT2D eigenvalue weighted by Crippen LogP contribution is -2.39. The molecule has 0 aliphatic carbocycles. The van der Waals surface area contributed by atoms with Gasteiger partial charge in [0.05, 0.1) is 11.6 Å². The van der Waals surface area contributed by atoms with Crippen molar-refractivity contribution in [3.63, 3.8) is 0 Å². The van der Waals surface area contributed by atoms with Crippen LogP contribution >= 0.6 is 11.3 Å². The van der Waals surface area contributed by atoms with Crippen molar-refractivity contribution in [3.05, 3.63) is 16.6 Å². The van der Waals surface area contributed by atoms with Crippen LogP contribution in [0.15, 0.2) is 11.6 Å². The summed E-state index contributed by atoms with van der Waals surface area (Å²) in [5.41, 5.74) is -0.639. The first kappa shape index (κ1) is 13.6. The van der Waals surface area contributed by atoms with Crippen molar-refractivity contribution in [1.29, 1.82) is 0 Å². The Labute approximate surface area is 102 Å². The monoisotopic (exact) mass is 242 g/mol. The normalized spacial score (nSPS) is 17.4. The summed E-state index contributed by atoms with van der Waals surface area (Å²) in [4.78, 5) is 4.25. The van der Waals surface area contributed by atoms with Gasteiger partial charge in [-0.05, 0) is 26.2 Å². The quantitative estimate of drug-likeness (QED) is 0.806. The molecule has 0 radical (unpaired) electrons. The molecule has 0 fully saturated rings. The van der Waals surface area contributed by atoms with E-state index in [1.165, 1.54) is 0 Å². The predicted molar refractivity (Wildman–Crippen MR) is 68.6 cm³/mol. The van der Waals surface area contributed by atoms with Crippen LogP contribution in [0.1, 0.15) is 45.2 Å². The molecule has 1 rings (SSSR count). The summed E-state index contributed by atoms with van der Waals surface area (Å²) in [7, 11) is 0. The van der Waals surface area contributed by atoms with Gasteiger partial charge in [-0.2, -0.15) is 0 Å². The fourth-order valence-electron chi connectivity index (χ4n) is 1.86. The summed E-state index contributed by atoms with van der Waals surface area (Å²) in [6.07, 6.45) is 2.62. The molecule has 0 saturated heterocycles. The number of rotatable bonds is 6. The number of nitrogens with zero attached hydrogens (tertiary/aromatic N) is 1. The number of thiazole rings is 1. The molecule has 0 aliphatic heterocycles. The van der Waals surface area contributed by atoms with Gasteiger partial charge in [0.2, 0.25) is 0 Å². The molecule has 2 atom stereocenters. The fourth-order valence-corrected chi connectivity index (χ4v) is 2.53. The van der Waals surface area contributed by atoms with Gasteiger partial charge >= 0.3 is 0 Å². The van der Waals surface area contributed by atoms with Crippen molar-refractivity contribution in [2.24, 2.45) is 5.92 Å². The summed E-state index contributed by atoms with van der Waals surface area (Å²) in [5.74, 6) is 0.506. The second kappa shape index (κ2) is 5.75. The molecule has 92 valence electrons. The van der Waals surface area contributed by atoms with Gasteiger partial charge in [-0.3, -0.25) is 0 Å². The van der Waals surface area contributed by atoms with Crippen LogP contribution in [0.2, 0.25) is 0 Å². The lowest BCUT2D eigenvalue weighted by atomic mass is 9.94. The lowest BCUT2D eigenvalue weighted by molar-refractivity contribution is 0.0363. The lowest BCUT2D eigenvalue weighted by Gasteiger charge is -2.27. The zero-order valence-corrected chi connectivity index (χ0v) is 11.3. The zero-order valence-electron chi connectivity index (χ0n) is 10.5. The van der Waals surface area contributed by atoms with Crippen molar-refractivity contribution in [2.45, 2.75) is 45.8 Å². The minimum Gasteiger partial charge on any atom is -0.389 e. The van der Waals surface area contributed by atoms with E-state index in [-0.39, 0.29) is 6.04 Å². The topological polar surface area (TPSA) is 45.1 Å². The van der Waals surface area contributed by atoms with E-state index >= 15 is 0 Å². The Morgan fingerprint density at radius 1 is 1.50 bits per heavy atom.